The highest BCUT2D eigenvalue weighted by atomic mass is 16.5. The van der Waals surface area contributed by atoms with Gasteiger partial charge in [0, 0.05) is 19.6 Å². The third kappa shape index (κ3) is 4.62. The number of benzene rings is 1. The van der Waals surface area contributed by atoms with Gasteiger partial charge >= 0.3 is 0 Å². The largest absolute Gasteiger partial charge is 0.379 e. The molecule has 1 aromatic carbocycles. The Kier molecular flexibility index (Phi) is 6.02. The fourth-order valence-electron chi connectivity index (χ4n) is 2.44. The quantitative estimate of drug-likeness (QED) is 0.864. The summed E-state index contributed by atoms with van der Waals surface area (Å²) in [4.78, 5) is 12.0. The molecular weight excluding hydrogens is 254 g/mol. The second-order valence-corrected chi connectivity index (χ2v) is 5.02. The van der Waals surface area contributed by atoms with Gasteiger partial charge in [0.25, 0.3) is 0 Å². The van der Waals surface area contributed by atoms with Crippen LogP contribution in [0.25, 0.3) is 0 Å². The lowest BCUT2D eigenvalue weighted by Crippen LogP contribution is -2.50. The molecule has 4 nitrogen and oxygen atoms in total. The first-order chi connectivity index (χ1) is 9.79. The lowest BCUT2D eigenvalue weighted by atomic mass is 10.0. The number of nitrogens with one attached hydrogen (secondary N) is 1. The van der Waals surface area contributed by atoms with E-state index in [1.165, 1.54) is 5.56 Å². The number of amides is 1. The van der Waals surface area contributed by atoms with Gasteiger partial charge in [-0.3, -0.25) is 4.79 Å². The van der Waals surface area contributed by atoms with Gasteiger partial charge in [0.05, 0.1) is 12.6 Å². The molecule has 20 heavy (non-hydrogen) atoms. The highest BCUT2D eigenvalue weighted by Gasteiger charge is 2.27. The van der Waals surface area contributed by atoms with Gasteiger partial charge in [0.15, 0.2) is 0 Å². The number of hydrogen-bond donors (Lipinski definition) is 1. The molecule has 110 valence electrons. The summed E-state index contributed by atoms with van der Waals surface area (Å²) in [6.07, 6.45) is 2.09. The highest BCUT2D eigenvalue weighted by molar-refractivity contribution is 5.76. The van der Waals surface area contributed by atoms with Gasteiger partial charge in [-0.25, -0.2) is 0 Å². The van der Waals surface area contributed by atoms with Crippen molar-refractivity contribution in [2.45, 2.75) is 38.3 Å². The zero-order valence-electron chi connectivity index (χ0n) is 12.0. The standard InChI is InChI=1S/C16H23NO3/c1-2-20-15-12-19-11-10-14(15)17-16(18)9-8-13-6-4-3-5-7-13/h3-7,14-15H,2,8-12H2,1H3,(H,17,18). The summed E-state index contributed by atoms with van der Waals surface area (Å²) in [5, 5.41) is 3.08. The van der Waals surface area contributed by atoms with Crippen molar-refractivity contribution in [3.8, 4) is 0 Å². The molecule has 0 aromatic heterocycles. The molecule has 2 unspecified atom stereocenters. The minimum absolute atomic E-state index is 0.0191. The van der Waals surface area contributed by atoms with E-state index >= 15 is 0 Å². The lowest BCUT2D eigenvalue weighted by Gasteiger charge is -2.31. The Morgan fingerprint density at radius 3 is 2.95 bits per heavy atom. The Labute approximate surface area is 120 Å². The molecule has 0 spiro atoms. The van der Waals surface area contributed by atoms with Crippen LogP contribution in [0.15, 0.2) is 30.3 Å². The Morgan fingerprint density at radius 1 is 1.40 bits per heavy atom. The fraction of sp³-hybridized carbons (Fsp3) is 0.562. The number of carbonyl (C=O) groups is 1. The van der Waals surface area contributed by atoms with Crippen LogP contribution in [0.2, 0.25) is 0 Å². The Balaban J connectivity index is 1.78. The van der Waals surface area contributed by atoms with Gasteiger partial charge in [0.2, 0.25) is 5.91 Å². The Hall–Kier alpha value is -1.39. The van der Waals surface area contributed by atoms with Crippen molar-refractivity contribution in [1.29, 1.82) is 0 Å². The maximum Gasteiger partial charge on any atom is 0.220 e. The summed E-state index contributed by atoms with van der Waals surface area (Å²) in [6, 6.07) is 10.1. The number of hydrogen-bond acceptors (Lipinski definition) is 3. The van der Waals surface area contributed by atoms with E-state index in [-0.39, 0.29) is 18.1 Å². The molecule has 4 heteroatoms. The van der Waals surface area contributed by atoms with E-state index in [2.05, 4.69) is 5.32 Å². The zero-order chi connectivity index (χ0) is 14.2. The van der Waals surface area contributed by atoms with E-state index in [9.17, 15) is 4.79 Å². The van der Waals surface area contributed by atoms with Crippen LogP contribution in [0.3, 0.4) is 0 Å². The van der Waals surface area contributed by atoms with Crippen molar-refractivity contribution >= 4 is 5.91 Å². The second-order valence-electron chi connectivity index (χ2n) is 5.02. The van der Waals surface area contributed by atoms with E-state index in [4.69, 9.17) is 9.47 Å². The van der Waals surface area contributed by atoms with Gasteiger partial charge < -0.3 is 14.8 Å². The van der Waals surface area contributed by atoms with Gasteiger partial charge in [-0.2, -0.15) is 0 Å². The molecule has 1 aliphatic heterocycles. The molecule has 1 aliphatic rings. The molecule has 0 saturated carbocycles. The smallest absolute Gasteiger partial charge is 0.220 e. The minimum Gasteiger partial charge on any atom is -0.379 e. The number of rotatable bonds is 6. The molecule has 2 atom stereocenters. The topological polar surface area (TPSA) is 47.6 Å². The zero-order valence-corrected chi connectivity index (χ0v) is 12.0. The molecule has 1 saturated heterocycles. The van der Waals surface area contributed by atoms with Crippen LogP contribution in [0, 0.1) is 0 Å². The average molecular weight is 277 g/mol. The van der Waals surface area contributed by atoms with Crippen LogP contribution in [-0.4, -0.2) is 37.9 Å². The maximum atomic E-state index is 12.0. The maximum absolute atomic E-state index is 12.0. The molecule has 1 amide bonds. The molecule has 1 fully saturated rings. The second kappa shape index (κ2) is 8.02. The highest BCUT2D eigenvalue weighted by Crippen LogP contribution is 2.12. The summed E-state index contributed by atoms with van der Waals surface area (Å²) in [6.45, 7) is 3.86. The van der Waals surface area contributed by atoms with E-state index in [1.807, 2.05) is 37.3 Å². The molecule has 1 N–H and O–H groups in total. The fourth-order valence-corrected chi connectivity index (χ4v) is 2.44. The summed E-state index contributed by atoms with van der Waals surface area (Å²) in [5.41, 5.74) is 1.19. The van der Waals surface area contributed by atoms with Crippen LogP contribution in [0.4, 0.5) is 0 Å². The third-order valence-corrected chi connectivity index (χ3v) is 3.51. The van der Waals surface area contributed by atoms with Crippen molar-refractivity contribution < 1.29 is 14.3 Å². The SMILES string of the molecule is CCOC1COCCC1NC(=O)CCc1ccccc1. The average Bonchev–Trinajstić information content (AvgIpc) is 2.49. The molecular formula is C16H23NO3. The lowest BCUT2D eigenvalue weighted by molar-refractivity contribution is -0.125. The van der Waals surface area contributed by atoms with Crippen LogP contribution in [0.1, 0.15) is 25.3 Å². The van der Waals surface area contributed by atoms with Crippen LogP contribution < -0.4 is 5.32 Å². The van der Waals surface area contributed by atoms with Crippen molar-refractivity contribution in [2.24, 2.45) is 0 Å². The van der Waals surface area contributed by atoms with Crippen molar-refractivity contribution in [1.82, 2.24) is 5.32 Å². The molecule has 2 rings (SSSR count). The third-order valence-electron chi connectivity index (χ3n) is 3.51. The minimum atomic E-state index is -0.0191. The van der Waals surface area contributed by atoms with Crippen LogP contribution in [-0.2, 0) is 20.7 Å². The first-order valence-corrected chi connectivity index (χ1v) is 7.32. The van der Waals surface area contributed by atoms with Gasteiger partial charge in [-0.05, 0) is 25.3 Å². The van der Waals surface area contributed by atoms with E-state index in [1.54, 1.807) is 0 Å². The normalized spacial score (nSPS) is 22.4. The van der Waals surface area contributed by atoms with Gasteiger partial charge in [0.1, 0.15) is 6.10 Å². The first kappa shape index (κ1) is 15.0. The van der Waals surface area contributed by atoms with Crippen molar-refractivity contribution in [3.63, 3.8) is 0 Å². The summed E-state index contributed by atoms with van der Waals surface area (Å²) < 4.78 is 11.0. The van der Waals surface area contributed by atoms with Crippen molar-refractivity contribution in [3.05, 3.63) is 35.9 Å². The molecule has 1 heterocycles. The molecule has 1 aromatic rings. The predicted molar refractivity (Wildman–Crippen MR) is 77.5 cm³/mol. The molecule has 0 aliphatic carbocycles. The van der Waals surface area contributed by atoms with Crippen molar-refractivity contribution in [2.75, 3.05) is 19.8 Å². The number of carbonyl (C=O) groups excluding carboxylic acids is 1. The van der Waals surface area contributed by atoms with Crippen LogP contribution in [0.5, 0.6) is 0 Å². The number of ether oxygens (including phenoxy) is 2. The molecule has 0 radical (unpaired) electrons. The van der Waals surface area contributed by atoms with E-state index in [0.29, 0.717) is 26.2 Å². The van der Waals surface area contributed by atoms with E-state index < -0.39 is 0 Å². The predicted octanol–water partition coefficient (Wildman–Crippen LogP) is 1.93. The molecule has 0 bridgehead atoms. The summed E-state index contributed by atoms with van der Waals surface area (Å²) in [7, 11) is 0. The Bertz CT molecular complexity index is 405. The van der Waals surface area contributed by atoms with Gasteiger partial charge in [-0.1, -0.05) is 30.3 Å². The summed E-state index contributed by atoms with van der Waals surface area (Å²) in [5.74, 6) is 0.0884. The number of aryl methyl sites for hydroxylation is 1. The first-order valence-electron chi connectivity index (χ1n) is 7.32. The Morgan fingerprint density at radius 2 is 2.20 bits per heavy atom. The summed E-state index contributed by atoms with van der Waals surface area (Å²) >= 11 is 0. The van der Waals surface area contributed by atoms with Gasteiger partial charge in [-0.15, -0.1) is 0 Å². The van der Waals surface area contributed by atoms with E-state index in [0.717, 1.165) is 12.8 Å². The van der Waals surface area contributed by atoms with Crippen LogP contribution >= 0.6 is 0 Å². The monoisotopic (exact) mass is 277 g/mol.